The average molecular weight is 191 g/mol. The summed E-state index contributed by atoms with van der Waals surface area (Å²) in [6.45, 7) is 0. The van der Waals surface area contributed by atoms with Crippen molar-refractivity contribution >= 4 is 24.4 Å². The van der Waals surface area contributed by atoms with E-state index in [1.165, 1.54) is 16.3 Å². The van der Waals surface area contributed by atoms with Gasteiger partial charge in [0.25, 0.3) is 0 Å². The lowest BCUT2D eigenvalue weighted by molar-refractivity contribution is 0.766. The zero-order valence-corrected chi connectivity index (χ0v) is 7.78. The Morgan fingerprint density at radius 3 is 3.00 bits per heavy atom. The highest BCUT2D eigenvalue weighted by molar-refractivity contribution is 7.99. The molecule has 11 heavy (non-hydrogen) atoms. The SMILES string of the molecule is Cn1c(SCCS)n[nH]c1=O. The molecule has 0 aliphatic carbocycles. The summed E-state index contributed by atoms with van der Waals surface area (Å²) < 4.78 is 1.48. The van der Waals surface area contributed by atoms with Gasteiger partial charge >= 0.3 is 5.69 Å². The molecule has 0 saturated heterocycles. The molecule has 4 nitrogen and oxygen atoms in total. The number of aromatic nitrogens is 3. The van der Waals surface area contributed by atoms with Crippen molar-refractivity contribution < 1.29 is 0 Å². The van der Waals surface area contributed by atoms with Crippen molar-refractivity contribution in [2.24, 2.45) is 7.05 Å². The third-order valence-corrected chi connectivity index (χ3v) is 2.72. The maximum atomic E-state index is 10.8. The van der Waals surface area contributed by atoms with Gasteiger partial charge in [0.05, 0.1) is 0 Å². The molecule has 62 valence electrons. The maximum absolute atomic E-state index is 10.8. The van der Waals surface area contributed by atoms with Crippen LogP contribution in [-0.4, -0.2) is 26.3 Å². The Balaban J connectivity index is 2.71. The van der Waals surface area contributed by atoms with Crippen LogP contribution in [0.2, 0.25) is 0 Å². The number of nitrogens with one attached hydrogen (secondary N) is 1. The molecule has 0 aromatic carbocycles. The molecule has 0 atom stereocenters. The second kappa shape index (κ2) is 3.87. The van der Waals surface area contributed by atoms with Gasteiger partial charge < -0.3 is 0 Å². The van der Waals surface area contributed by atoms with E-state index in [0.717, 1.165) is 11.5 Å². The van der Waals surface area contributed by atoms with E-state index < -0.39 is 0 Å². The highest BCUT2D eigenvalue weighted by Crippen LogP contribution is 2.10. The van der Waals surface area contributed by atoms with Crippen LogP contribution in [0.25, 0.3) is 0 Å². The molecule has 1 rings (SSSR count). The minimum Gasteiger partial charge on any atom is -0.273 e. The fourth-order valence-corrected chi connectivity index (χ4v) is 1.53. The molecule has 1 aromatic heterocycles. The highest BCUT2D eigenvalue weighted by Gasteiger charge is 2.02. The molecule has 0 spiro atoms. The predicted molar refractivity (Wildman–Crippen MR) is 48.4 cm³/mol. The van der Waals surface area contributed by atoms with Crippen LogP contribution < -0.4 is 5.69 Å². The largest absolute Gasteiger partial charge is 0.343 e. The van der Waals surface area contributed by atoms with Gasteiger partial charge in [-0.05, 0) is 5.75 Å². The fourth-order valence-electron chi connectivity index (χ4n) is 0.599. The van der Waals surface area contributed by atoms with E-state index in [1.807, 2.05) is 0 Å². The normalized spacial score (nSPS) is 10.4. The van der Waals surface area contributed by atoms with Gasteiger partial charge in [-0.15, -0.1) is 5.10 Å². The Labute approximate surface area is 73.8 Å². The van der Waals surface area contributed by atoms with Crippen LogP contribution >= 0.6 is 24.4 Å². The summed E-state index contributed by atoms with van der Waals surface area (Å²) in [5, 5.41) is 6.88. The summed E-state index contributed by atoms with van der Waals surface area (Å²) in [7, 11) is 1.69. The summed E-state index contributed by atoms with van der Waals surface area (Å²) in [4.78, 5) is 10.8. The van der Waals surface area contributed by atoms with E-state index in [4.69, 9.17) is 0 Å². The first-order chi connectivity index (χ1) is 5.25. The van der Waals surface area contributed by atoms with E-state index in [2.05, 4.69) is 22.8 Å². The molecule has 1 N–H and O–H groups in total. The number of nitrogens with zero attached hydrogens (tertiary/aromatic N) is 2. The van der Waals surface area contributed by atoms with Gasteiger partial charge in [-0.2, -0.15) is 12.6 Å². The number of rotatable bonds is 3. The van der Waals surface area contributed by atoms with Gasteiger partial charge in [-0.25, -0.2) is 9.89 Å². The topological polar surface area (TPSA) is 50.7 Å². The van der Waals surface area contributed by atoms with Crippen molar-refractivity contribution in [2.45, 2.75) is 5.16 Å². The van der Waals surface area contributed by atoms with Crippen molar-refractivity contribution in [3.05, 3.63) is 10.5 Å². The summed E-state index contributed by atoms with van der Waals surface area (Å²) in [6.07, 6.45) is 0. The number of H-pyrrole nitrogens is 1. The van der Waals surface area contributed by atoms with Gasteiger partial charge in [-0.1, -0.05) is 11.8 Å². The number of thioether (sulfide) groups is 1. The first kappa shape index (κ1) is 8.73. The Hall–Kier alpha value is -0.360. The molecule has 0 amide bonds. The van der Waals surface area contributed by atoms with Crippen molar-refractivity contribution in [3.63, 3.8) is 0 Å². The van der Waals surface area contributed by atoms with Crippen LogP contribution in [0.5, 0.6) is 0 Å². The molecule has 0 aliphatic heterocycles. The lowest BCUT2D eigenvalue weighted by Crippen LogP contribution is -2.12. The fraction of sp³-hybridized carbons (Fsp3) is 0.600. The first-order valence-electron chi connectivity index (χ1n) is 3.10. The van der Waals surface area contributed by atoms with E-state index in [0.29, 0.717) is 5.16 Å². The van der Waals surface area contributed by atoms with E-state index in [9.17, 15) is 4.79 Å². The first-order valence-corrected chi connectivity index (χ1v) is 4.72. The molecule has 0 unspecified atom stereocenters. The Kier molecular flexibility index (Phi) is 3.07. The molecule has 0 bridgehead atoms. The van der Waals surface area contributed by atoms with E-state index >= 15 is 0 Å². The molecule has 0 saturated carbocycles. The Bertz CT molecular complexity index is 280. The summed E-state index contributed by atoms with van der Waals surface area (Å²) >= 11 is 5.56. The molecule has 0 aliphatic rings. The van der Waals surface area contributed by atoms with Crippen molar-refractivity contribution in [3.8, 4) is 0 Å². The monoisotopic (exact) mass is 191 g/mol. The van der Waals surface area contributed by atoms with Crippen LogP contribution in [0, 0.1) is 0 Å². The predicted octanol–water partition coefficient (Wildman–Crippen LogP) is 0.130. The minimum atomic E-state index is -0.174. The van der Waals surface area contributed by atoms with Crippen LogP contribution in [0.3, 0.4) is 0 Å². The van der Waals surface area contributed by atoms with Gasteiger partial charge in [0.2, 0.25) is 0 Å². The Morgan fingerprint density at radius 1 is 1.82 bits per heavy atom. The number of hydrogen-bond donors (Lipinski definition) is 2. The molecular weight excluding hydrogens is 182 g/mol. The van der Waals surface area contributed by atoms with Gasteiger partial charge in [0, 0.05) is 12.8 Å². The lowest BCUT2D eigenvalue weighted by atomic mass is 11.0. The second-order valence-corrected chi connectivity index (χ2v) is 3.45. The zero-order valence-electron chi connectivity index (χ0n) is 6.07. The third-order valence-electron chi connectivity index (χ3n) is 1.16. The van der Waals surface area contributed by atoms with Crippen molar-refractivity contribution in [1.29, 1.82) is 0 Å². The number of aromatic amines is 1. The van der Waals surface area contributed by atoms with Gasteiger partial charge in [0.1, 0.15) is 0 Å². The maximum Gasteiger partial charge on any atom is 0.343 e. The van der Waals surface area contributed by atoms with Crippen LogP contribution in [0.1, 0.15) is 0 Å². The molecule has 0 fully saturated rings. The molecule has 6 heteroatoms. The Morgan fingerprint density at radius 2 is 2.55 bits per heavy atom. The van der Waals surface area contributed by atoms with Gasteiger partial charge in [-0.3, -0.25) is 4.57 Å². The van der Waals surface area contributed by atoms with Crippen molar-refractivity contribution in [1.82, 2.24) is 14.8 Å². The number of hydrogen-bond acceptors (Lipinski definition) is 4. The zero-order chi connectivity index (χ0) is 8.27. The minimum absolute atomic E-state index is 0.174. The van der Waals surface area contributed by atoms with Crippen LogP contribution in [0.15, 0.2) is 9.95 Å². The average Bonchev–Trinajstić information content (AvgIpc) is 2.31. The quantitative estimate of drug-likeness (QED) is 0.527. The van der Waals surface area contributed by atoms with Gasteiger partial charge in [0.15, 0.2) is 5.16 Å². The lowest BCUT2D eigenvalue weighted by Gasteiger charge is -1.94. The summed E-state index contributed by atoms with van der Waals surface area (Å²) in [5.74, 6) is 1.65. The summed E-state index contributed by atoms with van der Waals surface area (Å²) in [5.41, 5.74) is -0.174. The van der Waals surface area contributed by atoms with E-state index in [1.54, 1.807) is 7.05 Å². The molecule has 1 heterocycles. The van der Waals surface area contributed by atoms with Crippen molar-refractivity contribution in [2.75, 3.05) is 11.5 Å². The molecule has 1 aromatic rings. The highest BCUT2D eigenvalue weighted by atomic mass is 32.2. The third kappa shape index (κ3) is 2.03. The smallest absolute Gasteiger partial charge is 0.273 e. The van der Waals surface area contributed by atoms with Crippen LogP contribution in [0.4, 0.5) is 0 Å². The molecular formula is C5H9N3OS2. The molecule has 0 radical (unpaired) electrons. The second-order valence-electron chi connectivity index (χ2n) is 1.94. The van der Waals surface area contributed by atoms with E-state index in [-0.39, 0.29) is 5.69 Å². The number of thiol groups is 1. The standard InChI is InChI=1S/C5H9N3OS2/c1-8-4(9)6-7-5(8)11-3-2-10/h10H,2-3H2,1H3,(H,6,9). The van der Waals surface area contributed by atoms with Crippen LogP contribution in [-0.2, 0) is 7.05 Å². The summed E-state index contributed by atoms with van der Waals surface area (Å²) in [6, 6.07) is 0.